The van der Waals surface area contributed by atoms with Crippen LogP contribution < -0.4 is 24.3 Å². The minimum atomic E-state index is -3.72. The first-order valence-electron chi connectivity index (χ1n) is 7.95. The number of hydrogen-bond acceptors (Lipinski definition) is 6. The number of rotatable bonds is 7. The van der Waals surface area contributed by atoms with Crippen molar-refractivity contribution >= 4 is 17.9 Å². The van der Waals surface area contributed by atoms with Crippen LogP contribution in [0.4, 0.5) is 14.5 Å². The maximum atomic E-state index is 13.0. The second-order valence-corrected chi connectivity index (χ2v) is 5.42. The number of aldehydes is 1. The number of benzene rings is 2. The second-order valence-electron chi connectivity index (χ2n) is 5.42. The van der Waals surface area contributed by atoms with E-state index in [0.717, 1.165) is 0 Å². The Kier molecular flexibility index (Phi) is 5.11. The Bertz CT molecular complexity index is 871. The van der Waals surface area contributed by atoms with E-state index >= 15 is 0 Å². The van der Waals surface area contributed by atoms with E-state index in [9.17, 15) is 18.4 Å². The highest BCUT2D eigenvalue weighted by Gasteiger charge is 2.43. The lowest BCUT2D eigenvalue weighted by molar-refractivity contribution is -0.286. The van der Waals surface area contributed by atoms with Crippen molar-refractivity contribution in [2.75, 3.05) is 18.5 Å². The molecule has 0 saturated heterocycles. The summed E-state index contributed by atoms with van der Waals surface area (Å²) in [6.07, 6.45) is -3.06. The zero-order chi connectivity index (χ0) is 19.4. The molecule has 1 aliphatic heterocycles. The first kappa shape index (κ1) is 18.4. The summed E-state index contributed by atoms with van der Waals surface area (Å²) in [5, 5.41) is 2.50. The number of ether oxygens (including phenoxy) is 4. The summed E-state index contributed by atoms with van der Waals surface area (Å²) < 4.78 is 45.4. The normalized spacial score (nSPS) is 13.7. The molecular weight excluding hydrogens is 364 g/mol. The van der Waals surface area contributed by atoms with Crippen LogP contribution in [-0.4, -0.2) is 31.7 Å². The molecule has 2 aromatic rings. The minimum absolute atomic E-state index is 0.120. The van der Waals surface area contributed by atoms with E-state index in [2.05, 4.69) is 14.8 Å². The van der Waals surface area contributed by atoms with Gasteiger partial charge in [0.25, 0.3) is 5.91 Å². The average molecular weight is 379 g/mol. The van der Waals surface area contributed by atoms with Gasteiger partial charge in [0.2, 0.25) is 0 Å². The highest BCUT2D eigenvalue weighted by molar-refractivity contribution is 5.92. The molecule has 0 bridgehead atoms. The molecule has 1 N–H and O–H groups in total. The fourth-order valence-electron chi connectivity index (χ4n) is 2.35. The maximum absolute atomic E-state index is 13.0. The van der Waals surface area contributed by atoms with Crippen LogP contribution in [0.1, 0.15) is 17.3 Å². The SMILES string of the molecule is CCOc1cc(C=O)ccc1OCC(=O)Nc1ccc2c(c1)OC(F)(F)O2. The van der Waals surface area contributed by atoms with Crippen molar-refractivity contribution in [3.05, 3.63) is 42.0 Å². The van der Waals surface area contributed by atoms with Crippen molar-refractivity contribution in [1.82, 2.24) is 0 Å². The molecule has 1 aliphatic rings. The van der Waals surface area contributed by atoms with Crippen molar-refractivity contribution in [1.29, 1.82) is 0 Å². The molecule has 0 fully saturated rings. The van der Waals surface area contributed by atoms with Gasteiger partial charge < -0.3 is 24.3 Å². The molecule has 3 rings (SSSR count). The van der Waals surface area contributed by atoms with E-state index in [0.29, 0.717) is 30.0 Å². The zero-order valence-electron chi connectivity index (χ0n) is 14.2. The molecule has 27 heavy (non-hydrogen) atoms. The molecule has 0 aromatic heterocycles. The van der Waals surface area contributed by atoms with Crippen LogP contribution in [0.25, 0.3) is 0 Å². The van der Waals surface area contributed by atoms with E-state index in [4.69, 9.17) is 9.47 Å². The van der Waals surface area contributed by atoms with Crippen LogP contribution in [0.2, 0.25) is 0 Å². The lowest BCUT2D eigenvalue weighted by Gasteiger charge is -2.12. The number of fused-ring (bicyclic) bond motifs is 1. The van der Waals surface area contributed by atoms with E-state index < -0.39 is 12.2 Å². The van der Waals surface area contributed by atoms with Crippen molar-refractivity contribution in [2.45, 2.75) is 13.2 Å². The fourth-order valence-corrected chi connectivity index (χ4v) is 2.35. The third-order valence-corrected chi connectivity index (χ3v) is 3.45. The van der Waals surface area contributed by atoms with Gasteiger partial charge in [0.05, 0.1) is 6.61 Å². The van der Waals surface area contributed by atoms with Crippen LogP contribution in [0.5, 0.6) is 23.0 Å². The van der Waals surface area contributed by atoms with Gasteiger partial charge in [-0.2, -0.15) is 0 Å². The second kappa shape index (κ2) is 7.48. The summed E-state index contributed by atoms with van der Waals surface area (Å²) in [5.74, 6) is -0.196. The number of carbonyl (C=O) groups is 2. The average Bonchev–Trinajstić information content (AvgIpc) is 2.94. The largest absolute Gasteiger partial charge is 0.586 e. The predicted molar refractivity (Wildman–Crippen MR) is 89.8 cm³/mol. The van der Waals surface area contributed by atoms with Crippen LogP contribution in [0.15, 0.2) is 36.4 Å². The topological polar surface area (TPSA) is 83.1 Å². The summed E-state index contributed by atoms with van der Waals surface area (Å²) in [5.41, 5.74) is 0.650. The van der Waals surface area contributed by atoms with Gasteiger partial charge in [0.15, 0.2) is 29.6 Å². The molecule has 0 spiro atoms. The zero-order valence-corrected chi connectivity index (χ0v) is 14.2. The number of nitrogens with one attached hydrogen (secondary N) is 1. The van der Waals surface area contributed by atoms with Crippen LogP contribution >= 0.6 is 0 Å². The number of hydrogen-bond donors (Lipinski definition) is 1. The quantitative estimate of drug-likeness (QED) is 0.744. The van der Waals surface area contributed by atoms with Crippen LogP contribution in [0, 0.1) is 0 Å². The molecule has 0 saturated carbocycles. The first-order chi connectivity index (χ1) is 12.9. The smallest absolute Gasteiger partial charge is 0.490 e. The molecule has 0 aliphatic carbocycles. The number of anilines is 1. The molecule has 1 heterocycles. The number of alkyl halides is 2. The summed E-state index contributed by atoms with van der Waals surface area (Å²) in [6.45, 7) is 1.77. The van der Waals surface area contributed by atoms with E-state index in [1.165, 1.54) is 36.4 Å². The van der Waals surface area contributed by atoms with Gasteiger partial charge in [-0.15, -0.1) is 8.78 Å². The van der Waals surface area contributed by atoms with Crippen molar-refractivity contribution in [2.24, 2.45) is 0 Å². The predicted octanol–water partition coefficient (Wildman–Crippen LogP) is 3.24. The van der Waals surface area contributed by atoms with Gasteiger partial charge in [-0.25, -0.2) is 0 Å². The summed E-state index contributed by atoms with van der Waals surface area (Å²) >= 11 is 0. The summed E-state index contributed by atoms with van der Waals surface area (Å²) in [7, 11) is 0. The molecule has 2 aromatic carbocycles. The van der Waals surface area contributed by atoms with Gasteiger partial charge in [0.1, 0.15) is 6.29 Å². The van der Waals surface area contributed by atoms with Crippen molar-refractivity contribution in [3.63, 3.8) is 0 Å². The molecule has 9 heteroatoms. The molecule has 0 atom stereocenters. The highest BCUT2D eigenvalue weighted by Crippen LogP contribution is 2.42. The standard InChI is InChI=1S/C18H15F2NO6/c1-2-24-15-7-11(9-22)3-5-13(15)25-10-17(23)21-12-4-6-14-16(8-12)27-18(19,20)26-14/h3-9H,2,10H2,1H3,(H,21,23). The van der Waals surface area contributed by atoms with Crippen molar-refractivity contribution in [3.8, 4) is 23.0 Å². The minimum Gasteiger partial charge on any atom is -0.490 e. The third-order valence-electron chi connectivity index (χ3n) is 3.45. The molecular formula is C18H15F2NO6. The van der Waals surface area contributed by atoms with Gasteiger partial charge in [-0.05, 0) is 37.3 Å². The summed E-state index contributed by atoms with van der Waals surface area (Å²) in [4.78, 5) is 22.9. The Balaban J connectivity index is 1.62. The number of amides is 1. The molecule has 1 amide bonds. The Morgan fingerprint density at radius 1 is 1.11 bits per heavy atom. The van der Waals surface area contributed by atoms with Crippen molar-refractivity contribution < 1.29 is 37.3 Å². The molecule has 142 valence electrons. The van der Waals surface area contributed by atoms with Gasteiger partial charge >= 0.3 is 6.29 Å². The Morgan fingerprint density at radius 2 is 1.89 bits per heavy atom. The van der Waals surface area contributed by atoms with E-state index in [1.807, 2.05) is 0 Å². The number of halogens is 2. The lowest BCUT2D eigenvalue weighted by atomic mass is 10.2. The summed E-state index contributed by atoms with van der Waals surface area (Å²) in [6, 6.07) is 8.43. The Morgan fingerprint density at radius 3 is 2.63 bits per heavy atom. The van der Waals surface area contributed by atoms with Gasteiger partial charge in [0, 0.05) is 17.3 Å². The highest BCUT2D eigenvalue weighted by atomic mass is 19.3. The van der Waals surface area contributed by atoms with E-state index in [1.54, 1.807) is 6.92 Å². The number of carbonyl (C=O) groups excluding carboxylic acids is 2. The fraction of sp³-hybridized carbons (Fsp3) is 0.222. The van der Waals surface area contributed by atoms with Gasteiger partial charge in [-0.1, -0.05) is 0 Å². The molecule has 0 unspecified atom stereocenters. The first-order valence-corrected chi connectivity index (χ1v) is 7.95. The Hall–Kier alpha value is -3.36. The molecule has 0 radical (unpaired) electrons. The maximum Gasteiger partial charge on any atom is 0.586 e. The van der Waals surface area contributed by atoms with E-state index in [-0.39, 0.29) is 23.8 Å². The third kappa shape index (κ3) is 4.43. The molecule has 7 nitrogen and oxygen atoms in total. The van der Waals surface area contributed by atoms with Crippen LogP contribution in [-0.2, 0) is 4.79 Å². The Labute approximate surface area is 152 Å². The lowest BCUT2D eigenvalue weighted by Crippen LogP contribution is -2.25. The monoisotopic (exact) mass is 379 g/mol. The van der Waals surface area contributed by atoms with Gasteiger partial charge in [-0.3, -0.25) is 9.59 Å². The van der Waals surface area contributed by atoms with Crippen LogP contribution in [0.3, 0.4) is 0 Å².